The summed E-state index contributed by atoms with van der Waals surface area (Å²) in [5.41, 5.74) is 2.08. The lowest BCUT2D eigenvalue weighted by atomic mass is 10.3. The molecule has 5 heteroatoms. The summed E-state index contributed by atoms with van der Waals surface area (Å²) in [5.74, 6) is -0.429. The van der Waals surface area contributed by atoms with Gasteiger partial charge in [-0.15, -0.1) is 0 Å². The van der Waals surface area contributed by atoms with Gasteiger partial charge in [-0.1, -0.05) is 22.0 Å². The normalized spacial score (nSPS) is 10.3. The highest BCUT2D eigenvalue weighted by atomic mass is 79.9. The topological polar surface area (TPSA) is 44.1 Å². The maximum absolute atomic E-state index is 11.4. The molecule has 4 nitrogen and oxygen atoms in total. The number of carbonyl (C=O) groups is 1. The van der Waals surface area contributed by atoms with Crippen molar-refractivity contribution in [2.75, 3.05) is 7.11 Å². The van der Waals surface area contributed by atoms with Gasteiger partial charge in [0.1, 0.15) is 0 Å². The SMILES string of the molecule is COC(=O)c1cc(C)n(-c2cccc(Br)c2)n1. The van der Waals surface area contributed by atoms with Crippen molar-refractivity contribution in [1.29, 1.82) is 0 Å². The second kappa shape index (κ2) is 4.71. The van der Waals surface area contributed by atoms with Crippen molar-refractivity contribution in [3.8, 4) is 5.69 Å². The number of ether oxygens (including phenoxy) is 1. The third kappa shape index (κ3) is 2.39. The van der Waals surface area contributed by atoms with E-state index >= 15 is 0 Å². The standard InChI is InChI=1S/C12H11BrN2O2/c1-8-6-11(12(16)17-2)14-15(8)10-5-3-4-9(13)7-10/h3-7H,1-2H3. The number of benzene rings is 1. The highest BCUT2D eigenvalue weighted by molar-refractivity contribution is 9.10. The molecule has 0 amide bonds. The summed E-state index contributed by atoms with van der Waals surface area (Å²) >= 11 is 3.40. The van der Waals surface area contributed by atoms with Crippen LogP contribution in [0.1, 0.15) is 16.2 Å². The number of hydrogen-bond acceptors (Lipinski definition) is 3. The summed E-state index contributed by atoms with van der Waals surface area (Å²) in [7, 11) is 1.34. The number of hydrogen-bond donors (Lipinski definition) is 0. The number of aromatic nitrogens is 2. The van der Waals surface area contributed by atoms with Gasteiger partial charge in [-0.2, -0.15) is 5.10 Å². The van der Waals surface area contributed by atoms with Gasteiger partial charge in [0.25, 0.3) is 0 Å². The molecule has 0 spiro atoms. The smallest absolute Gasteiger partial charge is 0.358 e. The van der Waals surface area contributed by atoms with Crippen molar-refractivity contribution in [1.82, 2.24) is 9.78 Å². The van der Waals surface area contributed by atoms with Crippen LogP contribution in [0.3, 0.4) is 0 Å². The average Bonchev–Trinajstić information content (AvgIpc) is 2.70. The first-order valence-corrected chi connectivity index (χ1v) is 5.82. The predicted molar refractivity (Wildman–Crippen MR) is 67.3 cm³/mol. The Morgan fingerprint density at radius 3 is 2.82 bits per heavy atom. The van der Waals surface area contributed by atoms with Crippen LogP contribution >= 0.6 is 15.9 Å². The van der Waals surface area contributed by atoms with Gasteiger partial charge in [-0.25, -0.2) is 9.48 Å². The lowest BCUT2D eigenvalue weighted by Gasteiger charge is -2.04. The van der Waals surface area contributed by atoms with E-state index in [9.17, 15) is 4.79 Å². The first-order chi connectivity index (χ1) is 8.11. The molecule has 0 aliphatic heterocycles. The second-order valence-corrected chi connectivity index (χ2v) is 4.47. The number of methoxy groups -OCH3 is 1. The Morgan fingerprint density at radius 2 is 2.18 bits per heavy atom. The van der Waals surface area contributed by atoms with Gasteiger partial charge in [-0.3, -0.25) is 0 Å². The van der Waals surface area contributed by atoms with E-state index in [1.54, 1.807) is 10.7 Å². The van der Waals surface area contributed by atoms with Crippen LogP contribution in [-0.2, 0) is 4.74 Å². The number of carbonyl (C=O) groups excluding carboxylic acids is 1. The van der Waals surface area contributed by atoms with Crippen molar-refractivity contribution in [3.63, 3.8) is 0 Å². The molecular weight excluding hydrogens is 284 g/mol. The minimum absolute atomic E-state index is 0.310. The minimum atomic E-state index is -0.429. The molecule has 0 unspecified atom stereocenters. The first-order valence-electron chi connectivity index (χ1n) is 5.03. The molecule has 0 saturated heterocycles. The Hall–Kier alpha value is -1.62. The largest absolute Gasteiger partial charge is 0.464 e. The molecule has 1 heterocycles. The maximum Gasteiger partial charge on any atom is 0.358 e. The van der Waals surface area contributed by atoms with Crippen LogP contribution in [0.5, 0.6) is 0 Å². The Morgan fingerprint density at radius 1 is 1.41 bits per heavy atom. The molecule has 88 valence electrons. The van der Waals surface area contributed by atoms with Gasteiger partial charge in [-0.05, 0) is 31.2 Å². The quantitative estimate of drug-likeness (QED) is 0.800. The van der Waals surface area contributed by atoms with Crippen molar-refractivity contribution >= 4 is 21.9 Å². The third-order valence-corrected chi connectivity index (χ3v) is 2.83. The molecule has 0 bridgehead atoms. The molecular formula is C12H11BrN2O2. The number of rotatable bonds is 2. The van der Waals surface area contributed by atoms with E-state index in [2.05, 4.69) is 25.8 Å². The molecule has 0 aliphatic carbocycles. The summed E-state index contributed by atoms with van der Waals surface area (Å²) in [6, 6.07) is 9.40. The monoisotopic (exact) mass is 294 g/mol. The third-order valence-electron chi connectivity index (χ3n) is 2.33. The molecule has 2 aromatic rings. The van der Waals surface area contributed by atoms with E-state index in [4.69, 9.17) is 0 Å². The van der Waals surface area contributed by atoms with Crippen LogP contribution in [-0.4, -0.2) is 22.9 Å². The molecule has 0 fully saturated rings. The fourth-order valence-corrected chi connectivity index (χ4v) is 1.94. The van der Waals surface area contributed by atoms with Crippen LogP contribution in [0, 0.1) is 6.92 Å². The van der Waals surface area contributed by atoms with Crippen molar-refractivity contribution in [2.45, 2.75) is 6.92 Å². The molecule has 17 heavy (non-hydrogen) atoms. The van der Waals surface area contributed by atoms with Crippen molar-refractivity contribution in [3.05, 3.63) is 46.2 Å². The number of halogens is 1. The molecule has 0 radical (unpaired) electrons. The highest BCUT2D eigenvalue weighted by Gasteiger charge is 2.13. The van der Waals surface area contributed by atoms with Crippen molar-refractivity contribution < 1.29 is 9.53 Å². The van der Waals surface area contributed by atoms with E-state index in [0.29, 0.717) is 5.69 Å². The zero-order valence-corrected chi connectivity index (χ0v) is 11.1. The van der Waals surface area contributed by atoms with E-state index in [0.717, 1.165) is 15.9 Å². The molecule has 0 atom stereocenters. The van der Waals surface area contributed by atoms with Gasteiger partial charge in [0.05, 0.1) is 12.8 Å². The summed E-state index contributed by atoms with van der Waals surface area (Å²) in [4.78, 5) is 11.4. The Bertz CT molecular complexity index is 563. The van der Waals surface area contributed by atoms with Crippen molar-refractivity contribution in [2.24, 2.45) is 0 Å². The van der Waals surface area contributed by atoms with Crippen LogP contribution in [0.25, 0.3) is 5.69 Å². The summed E-state index contributed by atoms with van der Waals surface area (Å²) < 4.78 is 7.31. The van der Waals surface area contributed by atoms with E-state index in [1.807, 2.05) is 31.2 Å². The van der Waals surface area contributed by atoms with Gasteiger partial charge in [0, 0.05) is 10.2 Å². The number of aryl methyl sites for hydroxylation is 1. The van der Waals surface area contributed by atoms with E-state index in [-0.39, 0.29) is 0 Å². The highest BCUT2D eigenvalue weighted by Crippen LogP contribution is 2.17. The fourth-order valence-electron chi connectivity index (χ4n) is 1.55. The number of nitrogens with zero attached hydrogens (tertiary/aromatic N) is 2. The zero-order chi connectivity index (χ0) is 12.4. The summed E-state index contributed by atoms with van der Waals surface area (Å²) in [6.07, 6.45) is 0. The molecule has 0 N–H and O–H groups in total. The molecule has 0 saturated carbocycles. The maximum atomic E-state index is 11.4. The second-order valence-electron chi connectivity index (χ2n) is 3.55. The molecule has 1 aromatic heterocycles. The molecule has 1 aromatic carbocycles. The summed E-state index contributed by atoms with van der Waals surface area (Å²) in [5, 5.41) is 4.21. The lowest BCUT2D eigenvalue weighted by Crippen LogP contribution is -2.04. The van der Waals surface area contributed by atoms with Crippen LogP contribution in [0.15, 0.2) is 34.8 Å². The molecule has 0 aliphatic rings. The number of esters is 1. The predicted octanol–water partition coefficient (Wildman–Crippen LogP) is 2.73. The van der Waals surface area contributed by atoms with Gasteiger partial charge < -0.3 is 4.74 Å². The van der Waals surface area contributed by atoms with Gasteiger partial charge in [0.15, 0.2) is 5.69 Å². The van der Waals surface area contributed by atoms with Crippen LogP contribution in [0.2, 0.25) is 0 Å². The van der Waals surface area contributed by atoms with Gasteiger partial charge in [0.2, 0.25) is 0 Å². The Balaban J connectivity index is 2.46. The Labute approximate surface area is 107 Å². The molecule has 2 rings (SSSR count). The van der Waals surface area contributed by atoms with Crippen LogP contribution < -0.4 is 0 Å². The zero-order valence-electron chi connectivity index (χ0n) is 9.48. The average molecular weight is 295 g/mol. The van der Waals surface area contributed by atoms with Gasteiger partial charge >= 0.3 is 5.97 Å². The first kappa shape index (κ1) is 11.9. The van der Waals surface area contributed by atoms with Crippen LogP contribution in [0.4, 0.5) is 0 Å². The fraction of sp³-hybridized carbons (Fsp3) is 0.167. The summed E-state index contributed by atoms with van der Waals surface area (Å²) in [6.45, 7) is 1.89. The Kier molecular flexibility index (Phi) is 3.28. The minimum Gasteiger partial charge on any atom is -0.464 e. The van der Waals surface area contributed by atoms with E-state index < -0.39 is 5.97 Å². The lowest BCUT2D eigenvalue weighted by molar-refractivity contribution is 0.0593. The van der Waals surface area contributed by atoms with E-state index in [1.165, 1.54) is 7.11 Å².